The van der Waals surface area contributed by atoms with Gasteiger partial charge < -0.3 is 0 Å². The zero-order valence-electron chi connectivity index (χ0n) is 11.8. The van der Waals surface area contributed by atoms with E-state index in [0.717, 1.165) is 32.1 Å². The predicted molar refractivity (Wildman–Crippen MR) is 80.0 cm³/mol. The molecule has 2 heteroatoms. The van der Waals surface area contributed by atoms with Crippen molar-refractivity contribution in [1.29, 1.82) is 5.26 Å². The van der Waals surface area contributed by atoms with Crippen LogP contribution in [0, 0.1) is 16.7 Å². The fourth-order valence-corrected chi connectivity index (χ4v) is 2.77. The molecule has 1 aliphatic rings. The van der Waals surface area contributed by atoms with Crippen LogP contribution < -0.4 is 0 Å². The average Bonchev–Trinajstić information content (AvgIpc) is 2.67. The van der Waals surface area contributed by atoms with Crippen LogP contribution in [0.4, 0.5) is 0 Å². The zero-order chi connectivity index (χ0) is 14.3. The van der Waals surface area contributed by atoms with E-state index in [4.69, 9.17) is 0 Å². The van der Waals surface area contributed by atoms with Crippen LogP contribution in [0.3, 0.4) is 0 Å². The Kier molecular flexibility index (Phi) is 5.12. The van der Waals surface area contributed by atoms with Crippen molar-refractivity contribution in [1.82, 2.24) is 0 Å². The van der Waals surface area contributed by atoms with Crippen molar-refractivity contribution in [3.63, 3.8) is 0 Å². The fraction of sp³-hybridized carbons (Fsp3) is 0.444. The van der Waals surface area contributed by atoms with Gasteiger partial charge in [0.05, 0.1) is 6.07 Å². The average molecular weight is 267 g/mol. The Morgan fingerprint density at radius 2 is 1.95 bits per heavy atom. The Labute approximate surface area is 121 Å². The largest absolute Gasteiger partial charge is 0.298 e. The first kappa shape index (κ1) is 14.5. The maximum atomic E-state index is 12.2. The molecule has 0 amide bonds. The van der Waals surface area contributed by atoms with E-state index in [0.29, 0.717) is 12.8 Å². The summed E-state index contributed by atoms with van der Waals surface area (Å²) in [6, 6.07) is 12.5. The lowest BCUT2D eigenvalue weighted by atomic mass is 9.77. The van der Waals surface area contributed by atoms with Gasteiger partial charge >= 0.3 is 0 Å². The Morgan fingerprint density at radius 3 is 2.70 bits per heavy atom. The highest BCUT2D eigenvalue weighted by atomic mass is 16.1. The van der Waals surface area contributed by atoms with E-state index in [9.17, 15) is 10.1 Å². The monoisotopic (exact) mass is 267 g/mol. The number of nitriles is 1. The van der Waals surface area contributed by atoms with E-state index >= 15 is 0 Å². The highest BCUT2D eigenvalue weighted by Crippen LogP contribution is 2.35. The summed E-state index contributed by atoms with van der Waals surface area (Å²) in [5.41, 5.74) is 0.492. The van der Waals surface area contributed by atoms with Gasteiger partial charge in [-0.15, -0.1) is 0 Å². The van der Waals surface area contributed by atoms with Crippen LogP contribution in [-0.2, 0) is 11.2 Å². The molecule has 0 aromatic heterocycles. The van der Waals surface area contributed by atoms with Crippen LogP contribution in [0.25, 0.3) is 0 Å². The molecule has 1 fully saturated rings. The van der Waals surface area contributed by atoms with E-state index < -0.39 is 5.41 Å². The zero-order valence-corrected chi connectivity index (χ0v) is 11.8. The van der Waals surface area contributed by atoms with E-state index in [2.05, 4.69) is 24.3 Å². The van der Waals surface area contributed by atoms with Crippen molar-refractivity contribution in [3.05, 3.63) is 48.0 Å². The van der Waals surface area contributed by atoms with Crippen molar-refractivity contribution < 1.29 is 4.79 Å². The minimum absolute atomic E-state index is 0.141. The third kappa shape index (κ3) is 3.57. The molecule has 1 atom stereocenters. The number of hydrogen-bond acceptors (Lipinski definition) is 2. The summed E-state index contributed by atoms with van der Waals surface area (Å²) in [7, 11) is 0. The fourth-order valence-electron chi connectivity index (χ4n) is 2.77. The number of carbonyl (C=O) groups is 1. The number of nitrogens with zero attached hydrogens (tertiary/aromatic N) is 1. The van der Waals surface area contributed by atoms with Crippen LogP contribution in [0.15, 0.2) is 42.5 Å². The maximum Gasteiger partial charge on any atom is 0.153 e. The van der Waals surface area contributed by atoms with Gasteiger partial charge in [0.1, 0.15) is 5.41 Å². The van der Waals surface area contributed by atoms with E-state index in [1.807, 2.05) is 24.3 Å². The van der Waals surface area contributed by atoms with E-state index in [1.54, 1.807) is 0 Å². The molecule has 104 valence electrons. The molecule has 0 bridgehead atoms. The topological polar surface area (TPSA) is 40.9 Å². The molecule has 1 saturated carbocycles. The van der Waals surface area contributed by atoms with Crippen molar-refractivity contribution in [3.8, 4) is 6.07 Å². The van der Waals surface area contributed by atoms with Crippen LogP contribution in [-0.4, -0.2) is 5.78 Å². The summed E-state index contributed by atoms with van der Waals surface area (Å²) in [5, 5.41) is 9.45. The van der Waals surface area contributed by atoms with Crippen LogP contribution in [0.1, 0.15) is 44.1 Å². The first-order valence-corrected chi connectivity index (χ1v) is 7.40. The predicted octanol–water partition coefficient (Wildman–Crippen LogP) is 4.22. The van der Waals surface area contributed by atoms with Gasteiger partial charge in [0.25, 0.3) is 0 Å². The summed E-state index contributed by atoms with van der Waals surface area (Å²) in [6.45, 7) is 0. The van der Waals surface area contributed by atoms with Crippen molar-refractivity contribution in [2.45, 2.75) is 44.9 Å². The first-order chi connectivity index (χ1) is 9.77. The number of Topliss-reactive ketones (excluding diaryl/α,β-unsaturated/α-hetero) is 1. The molecule has 0 radical (unpaired) electrons. The number of carbonyl (C=O) groups excluding carboxylic acids is 1. The maximum absolute atomic E-state index is 12.2. The number of hydrogen-bond donors (Lipinski definition) is 0. The van der Waals surface area contributed by atoms with E-state index in [1.165, 1.54) is 5.56 Å². The van der Waals surface area contributed by atoms with Crippen molar-refractivity contribution in [2.24, 2.45) is 5.41 Å². The molecule has 2 rings (SSSR count). The second kappa shape index (κ2) is 7.05. The van der Waals surface area contributed by atoms with Crippen molar-refractivity contribution in [2.75, 3.05) is 0 Å². The SMILES string of the molecule is N#C[C@@]1(C/C=C/Cc2ccccc2)CCCCCC1=O. The quantitative estimate of drug-likeness (QED) is 0.605. The lowest BCUT2D eigenvalue weighted by Crippen LogP contribution is -2.27. The Balaban J connectivity index is 1.96. The minimum Gasteiger partial charge on any atom is -0.298 e. The molecule has 0 heterocycles. The molecule has 1 aromatic carbocycles. The molecule has 0 spiro atoms. The summed E-state index contributed by atoms with van der Waals surface area (Å²) in [5.74, 6) is 0.141. The molecule has 0 N–H and O–H groups in total. The third-order valence-corrected chi connectivity index (χ3v) is 4.08. The van der Waals surface area contributed by atoms with E-state index in [-0.39, 0.29) is 5.78 Å². The van der Waals surface area contributed by atoms with Gasteiger partial charge in [0.15, 0.2) is 5.78 Å². The van der Waals surface area contributed by atoms with Gasteiger partial charge in [-0.25, -0.2) is 0 Å². The molecule has 20 heavy (non-hydrogen) atoms. The van der Waals surface area contributed by atoms with Crippen molar-refractivity contribution >= 4 is 5.78 Å². The smallest absolute Gasteiger partial charge is 0.153 e. The number of rotatable bonds is 4. The van der Waals surface area contributed by atoms with Gasteiger partial charge in [0, 0.05) is 6.42 Å². The van der Waals surface area contributed by atoms with Gasteiger partial charge in [0.2, 0.25) is 0 Å². The highest BCUT2D eigenvalue weighted by Gasteiger charge is 2.37. The second-order valence-corrected chi connectivity index (χ2v) is 5.54. The molecule has 1 aromatic rings. The molecule has 2 nitrogen and oxygen atoms in total. The molecule has 1 aliphatic carbocycles. The number of ketones is 1. The summed E-state index contributed by atoms with van der Waals surface area (Å²) in [4.78, 5) is 12.2. The number of allylic oxidation sites excluding steroid dienone is 2. The summed E-state index contributed by atoms with van der Waals surface area (Å²) in [6.07, 6.45) is 9.81. The summed E-state index contributed by atoms with van der Waals surface area (Å²) >= 11 is 0. The van der Waals surface area contributed by atoms with Gasteiger partial charge in [-0.2, -0.15) is 5.26 Å². The molecule has 0 aliphatic heterocycles. The minimum atomic E-state index is -0.760. The summed E-state index contributed by atoms with van der Waals surface area (Å²) < 4.78 is 0. The Bertz CT molecular complexity index is 512. The first-order valence-electron chi connectivity index (χ1n) is 7.40. The molecule has 0 saturated heterocycles. The molecule has 0 unspecified atom stereocenters. The normalized spacial score (nSPS) is 23.4. The second-order valence-electron chi connectivity index (χ2n) is 5.54. The number of benzene rings is 1. The lowest BCUT2D eigenvalue weighted by molar-refractivity contribution is -0.125. The van der Waals surface area contributed by atoms with Crippen LogP contribution in [0.2, 0.25) is 0 Å². The standard InChI is InChI=1S/C18H21NO/c19-15-18(13-7-2-5-12-17(18)20)14-8-6-11-16-9-3-1-4-10-16/h1,3-4,6,8-10H,2,5,7,11-14H2/b8-6+/t18-/m0/s1. The lowest BCUT2D eigenvalue weighted by Gasteiger charge is -2.21. The third-order valence-electron chi connectivity index (χ3n) is 4.08. The Morgan fingerprint density at radius 1 is 1.15 bits per heavy atom. The molecular formula is C18H21NO. The molecular weight excluding hydrogens is 246 g/mol. The van der Waals surface area contributed by atoms with Gasteiger partial charge in [-0.05, 0) is 31.2 Å². The van der Waals surface area contributed by atoms with Crippen LogP contribution in [0.5, 0.6) is 0 Å². The van der Waals surface area contributed by atoms with Gasteiger partial charge in [-0.3, -0.25) is 4.79 Å². The Hall–Kier alpha value is -1.88. The van der Waals surface area contributed by atoms with Gasteiger partial charge in [-0.1, -0.05) is 55.3 Å². The highest BCUT2D eigenvalue weighted by molar-refractivity contribution is 5.87. The van der Waals surface area contributed by atoms with Crippen LogP contribution >= 0.6 is 0 Å².